The van der Waals surface area contributed by atoms with E-state index in [1.165, 1.54) is 7.11 Å². The van der Waals surface area contributed by atoms with Crippen molar-refractivity contribution in [2.75, 3.05) is 20.3 Å². The monoisotopic (exact) mass is 215 g/mol. The Kier molecular flexibility index (Phi) is 3.41. The summed E-state index contributed by atoms with van der Waals surface area (Å²) in [5, 5.41) is 9.03. The molecule has 0 saturated carbocycles. The molecule has 0 amide bonds. The van der Waals surface area contributed by atoms with Crippen LogP contribution in [0.2, 0.25) is 0 Å². The Labute approximate surface area is 86.9 Å². The van der Waals surface area contributed by atoms with Crippen LogP contribution < -0.4 is 0 Å². The van der Waals surface area contributed by atoms with Crippen molar-refractivity contribution in [2.24, 2.45) is 4.99 Å². The predicted octanol–water partition coefficient (Wildman–Crippen LogP) is -0.702. The van der Waals surface area contributed by atoms with Crippen LogP contribution in [-0.2, 0) is 19.1 Å². The molecule has 1 heterocycles. The van der Waals surface area contributed by atoms with Gasteiger partial charge in [0.25, 0.3) is 0 Å². The average Bonchev–Trinajstić information content (AvgIpc) is 2.23. The topological polar surface area (TPSA) is 85.2 Å². The van der Waals surface area contributed by atoms with Crippen molar-refractivity contribution in [3.8, 4) is 0 Å². The molecule has 1 rings (SSSR count). The second-order valence-electron chi connectivity index (χ2n) is 3.54. The Morgan fingerprint density at radius 2 is 2.40 bits per heavy atom. The molecule has 0 saturated heterocycles. The first-order valence-corrected chi connectivity index (χ1v) is 4.44. The van der Waals surface area contributed by atoms with Crippen LogP contribution in [0.25, 0.3) is 0 Å². The van der Waals surface area contributed by atoms with Crippen LogP contribution in [0.15, 0.2) is 4.99 Å². The van der Waals surface area contributed by atoms with Gasteiger partial charge >= 0.3 is 11.9 Å². The van der Waals surface area contributed by atoms with Crippen molar-refractivity contribution in [2.45, 2.75) is 18.9 Å². The minimum absolute atomic E-state index is 0.00958. The van der Waals surface area contributed by atoms with Gasteiger partial charge in [-0.05, 0) is 6.92 Å². The number of hydrogen-bond donors (Lipinski definition) is 1. The van der Waals surface area contributed by atoms with Gasteiger partial charge in [0, 0.05) is 0 Å². The molecule has 1 aliphatic rings. The number of hydrogen-bond acceptors (Lipinski definition) is 6. The number of methoxy groups -OCH3 is 1. The number of aliphatic imine (C=N–C) groups is 1. The molecule has 0 radical (unpaired) electrons. The molecule has 0 aromatic carbocycles. The summed E-state index contributed by atoms with van der Waals surface area (Å²) in [5.74, 6) is -1.20. The zero-order valence-electron chi connectivity index (χ0n) is 8.65. The van der Waals surface area contributed by atoms with Crippen molar-refractivity contribution < 1.29 is 24.2 Å². The van der Waals surface area contributed by atoms with Crippen molar-refractivity contribution in [3.63, 3.8) is 0 Å². The molecular weight excluding hydrogens is 202 g/mol. The molecule has 0 spiro atoms. The fraction of sp³-hybridized carbons (Fsp3) is 0.667. The van der Waals surface area contributed by atoms with E-state index in [0.29, 0.717) is 0 Å². The van der Waals surface area contributed by atoms with Crippen LogP contribution in [0, 0.1) is 0 Å². The average molecular weight is 215 g/mol. The van der Waals surface area contributed by atoms with Gasteiger partial charge in [0.15, 0.2) is 0 Å². The summed E-state index contributed by atoms with van der Waals surface area (Å²) in [7, 11) is 1.22. The lowest BCUT2D eigenvalue weighted by molar-refractivity contribution is -0.143. The lowest BCUT2D eigenvalue weighted by atomic mass is 10.0. The molecule has 15 heavy (non-hydrogen) atoms. The fourth-order valence-corrected chi connectivity index (χ4v) is 1.11. The highest BCUT2D eigenvalue weighted by molar-refractivity contribution is 6.39. The first-order valence-electron chi connectivity index (χ1n) is 4.44. The third-order valence-electron chi connectivity index (χ3n) is 2.03. The van der Waals surface area contributed by atoms with E-state index in [1.54, 1.807) is 6.92 Å². The zero-order chi connectivity index (χ0) is 11.5. The lowest BCUT2D eigenvalue weighted by Gasteiger charge is -2.27. The molecule has 84 valence electrons. The largest absolute Gasteiger partial charge is 0.469 e. The quantitative estimate of drug-likeness (QED) is 0.629. The molecule has 0 aliphatic carbocycles. The van der Waals surface area contributed by atoms with Crippen LogP contribution >= 0.6 is 0 Å². The molecular formula is C9H13NO5. The van der Waals surface area contributed by atoms with E-state index >= 15 is 0 Å². The van der Waals surface area contributed by atoms with E-state index in [-0.39, 0.29) is 25.3 Å². The maximum atomic E-state index is 11.2. The van der Waals surface area contributed by atoms with Crippen molar-refractivity contribution in [1.82, 2.24) is 0 Å². The molecule has 6 heteroatoms. The van der Waals surface area contributed by atoms with E-state index < -0.39 is 17.5 Å². The van der Waals surface area contributed by atoms with Gasteiger partial charge in [-0.1, -0.05) is 0 Å². The normalized spacial score (nSPS) is 25.5. The van der Waals surface area contributed by atoms with Crippen LogP contribution in [0.5, 0.6) is 0 Å². The number of ether oxygens (including phenoxy) is 2. The van der Waals surface area contributed by atoms with Gasteiger partial charge in [0.2, 0.25) is 0 Å². The number of aliphatic hydroxyl groups is 1. The van der Waals surface area contributed by atoms with Gasteiger partial charge in [-0.25, -0.2) is 4.79 Å². The van der Waals surface area contributed by atoms with E-state index in [9.17, 15) is 9.59 Å². The smallest absolute Gasteiger partial charge is 0.352 e. The Bertz CT molecular complexity index is 312. The Morgan fingerprint density at radius 3 is 2.93 bits per heavy atom. The number of cyclic esters (lactones) is 1. The third-order valence-corrected chi connectivity index (χ3v) is 2.03. The summed E-state index contributed by atoms with van der Waals surface area (Å²) in [4.78, 5) is 26.2. The minimum Gasteiger partial charge on any atom is -0.469 e. The molecule has 1 unspecified atom stereocenters. The molecule has 0 fully saturated rings. The lowest BCUT2D eigenvalue weighted by Crippen LogP contribution is -2.42. The van der Waals surface area contributed by atoms with Crippen LogP contribution in [0.4, 0.5) is 0 Å². The maximum Gasteiger partial charge on any atom is 0.352 e. The second kappa shape index (κ2) is 4.39. The molecule has 1 atom stereocenters. The van der Waals surface area contributed by atoms with Gasteiger partial charge in [-0.15, -0.1) is 0 Å². The molecule has 1 aliphatic heterocycles. The number of aliphatic hydroxyl groups excluding tert-OH is 1. The van der Waals surface area contributed by atoms with Crippen LogP contribution in [0.1, 0.15) is 13.3 Å². The van der Waals surface area contributed by atoms with Gasteiger partial charge in [0.1, 0.15) is 17.9 Å². The zero-order valence-corrected chi connectivity index (χ0v) is 8.65. The van der Waals surface area contributed by atoms with Gasteiger partial charge in [-0.2, -0.15) is 0 Å². The summed E-state index contributed by atoms with van der Waals surface area (Å²) < 4.78 is 9.22. The number of carbonyl (C=O) groups excluding carboxylic acids is 2. The first kappa shape index (κ1) is 11.6. The summed E-state index contributed by atoms with van der Waals surface area (Å²) >= 11 is 0. The maximum absolute atomic E-state index is 11.2. The van der Waals surface area contributed by atoms with E-state index in [0.717, 1.165) is 0 Å². The number of carbonyl (C=O) groups is 2. The van der Waals surface area contributed by atoms with Gasteiger partial charge in [0.05, 0.1) is 20.1 Å². The Hall–Kier alpha value is -1.43. The number of esters is 2. The molecule has 0 bridgehead atoms. The number of nitrogens with zero attached hydrogens (tertiary/aromatic N) is 1. The third kappa shape index (κ3) is 2.76. The van der Waals surface area contributed by atoms with E-state index in [1.807, 2.05) is 0 Å². The number of rotatable bonds is 3. The van der Waals surface area contributed by atoms with Crippen molar-refractivity contribution in [1.29, 1.82) is 0 Å². The van der Waals surface area contributed by atoms with Gasteiger partial charge in [-0.3, -0.25) is 9.79 Å². The standard InChI is InChI=1S/C9H13NO5/c1-9(4-11)5-15-8(13)6(10-9)3-7(12)14-2/h11H,3-5H2,1-2H3. The summed E-state index contributed by atoms with van der Waals surface area (Å²) in [6.45, 7) is 1.41. The van der Waals surface area contributed by atoms with Gasteiger partial charge < -0.3 is 14.6 Å². The molecule has 1 N–H and O–H groups in total. The predicted molar refractivity (Wildman–Crippen MR) is 50.5 cm³/mol. The SMILES string of the molecule is COC(=O)CC1=NC(C)(CO)COC1=O. The summed E-state index contributed by atoms with van der Waals surface area (Å²) in [5.41, 5.74) is -0.860. The minimum atomic E-state index is -0.850. The molecule has 0 aromatic heterocycles. The highest BCUT2D eigenvalue weighted by Gasteiger charge is 2.33. The summed E-state index contributed by atoms with van der Waals surface area (Å²) in [6.07, 6.45) is -0.231. The first-order chi connectivity index (χ1) is 7.00. The second-order valence-corrected chi connectivity index (χ2v) is 3.54. The van der Waals surface area contributed by atoms with Crippen molar-refractivity contribution in [3.05, 3.63) is 0 Å². The van der Waals surface area contributed by atoms with Crippen LogP contribution in [0.3, 0.4) is 0 Å². The van der Waals surface area contributed by atoms with Crippen molar-refractivity contribution >= 4 is 17.7 Å². The Balaban J connectivity index is 2.83. The van der Waals surface area contributed by atoms with E-state index in [4.69, 9.17) is 9.84 Å². The molecule has 0 aromatic rings. The highest BCUT2D eigenvalue weighted by atomic mass is 16.5. The van der Waals surface area contributed by atoms with E-state index in [2.05, 4.69) is 9.73 Å². The highest BCUT2D eigenvalue weighted by Crippen LogP contribution is 2.16. The molecule has 6 nitrogen and oxygen atoms in total. The summed E-state index contributed by atoms with van der Waals surface area (Å²) in [6, 6.07) is 0. The Morgan fingerprint density at radius 1 is 1.73 bits per heavy atom. The van der Waals surface area contributed by atoms with Crippen LogP contribution in [-0.4, -0.2) is 48.6 Å². The fourth-order valence-electron chi connectivity index (χ4n) is 1.11.